The lowest BCUT2D eigenvalue weighted by Crippen LogP contribution is -2.53. The molecule has 4 nitrogen and oxygen atoms in total. The van der Waals surface area contributed by atoms with Gasteiger partial charge in [-0.1, -0.05) is 0 Å². The lowest BCUT2D eigenvalue weighted by molar-refractivity contribution is -0.343. The molecular formula is C23H11F7N4. The molecule has 0 saturated heterocycles. The number of allylic oxidation sites excluding steroid dienone is 12. The largest absolute Gasteiger partial charge is 0.460 e. The van der Waals surface area contributed by atoms with Crippen LogP contribution in [-0.4, -0.2) is 40.9 Å². The highest BCUT2D eigenvalue weighted by Gasteiger charge is 2.74. The Kier molecular flexibility index (Phi) is 4.71. The second-order valence-corrected chi connectivity index (χ2v) is 7.59. The van der Waals surface area contributed by atoms with Crippen molar-refractivity contribution in [3.05, 3.63) is 95.2 Å². The van der Waals surface area contributed by atoms with Gasteiger partial charge in [0.15, 0.2) is 0 Å². The number of rotatable bonds is 2. The third kappa shape index (κ3) is 3.66. The first-order valence-electron chi connectivity index (χ1n) is 9.73. The Labute approximate surface area is 187 Å². The predicted molar refractivity (Wildman–Crippen MR) is 114 cm³/mol. The summed E-state index contributed by atoms with van der Waals surface area (Å²) in [5.74, 6) is -11.9. The van der Waals surface area contributed by atoms with E-state index in [2.05, 4.69) is 20.0 Å². The molecule has 0 fully saturated rings. The number of aliphatic imine (C=N–C) groups is 4. The van der Waals surface area contributed by atoms with Gasteiger partial charge in [0, 0.05) is 0 Å². The van der Waals surface area contributed by atoms with E-state index in [1.165, 1.54) is 24.3 Å². The van der Waals surface area contributed by atoms with Gasteiger partial charge in [0.1, 0.15) is 0 Å². The van der Waals surface area contributed by atoms with Gasteiger partial charge in [-0.05, 0) is 66.8 Å². The zero-order valence-electron chi connectivity index (χ0n) is 16.8. The monoisotopic (exact) mass is 476 g/mol. The second-order valence-electron chi connectivity index (χ2n) is 7.59. The second kappa shape index (κ2) is 7.31. The van der Waals surface area contributed by atoms with Gasteiger partial charge in [0.25, 0.3) is 0 Å². The van der Waals surface area contributed by atoms with Crippen molar-refractivity contribution in [2.45, 2.75) is 18.0 Å². The number of fused-ring (bicyclic) bond motifs is 4. The molecule has 5 heterocycles. The van der Waals surface area contributed by atoms with Crippen LogP contribution in [0.1, 0.15) is 0 Å². The Morgan fingerprint density at radius 2 is 0.912 bits per heavy atom. The van der Waals surface area contributed by atoms with Crippen LogP contribution in [0.4, 0.5) is 30.7 Å². The summed E-state index contributed by atoms with van der Waals surface area (Å²) >= 11 is 0. The maximum atomic E-state index is 14.6. The first kappa shape index (κ1) is 21.9. The number of hydrogen-bond donors (Lipinski definition) is 0. The van der Waals surface area contributed by atoms with Crippen molar-refractivity contribution in [2.75, 3.05) is 0 Å². The van der Waals surface area contributed by atoms with E-state index in [4.69, 9.17) is 0 Å². The van der Waals surface area contributed by atoms with E-state index in [9.17, 15) is 30.7 Å². The van der Waals surface area contributed by atoms with E-state index >= 15 is 0 Å². The molecule has 0 aromatic rings. The van der Waals surface area contributed by atoms with Crippen molar-refractivity contribution in [1.29, 1.82) is 0 Å². The zero-order chi connectivity index (χ0) is 24.3. The van der Waals surface area contributed by atoms with Crippen LogP contribution in [0.5, 0.6) is 0 Å². The standard InChI is InChI=1S/C23H11F7N4/c24-21(25,22(26,27)23(28,29)30)19-10-18-9-16-4-3-14(32-16)7-12-1-2-13(31-12)8-15-5-6-17(33-15)11-20(19)34-18/h1-11H. The van der Waals surface area contributed by atoms with Crippen molar-refractivity contribution in [1.82, 2.24) is 0 Å². The van der Waals surface area contributed by atoms with Gasteiger partial charge < -0.3 is 0 Å². The van der Waals surface area contributed by atoms with Crippen LogP contribution >= 0.6 is 0 Å². The Bertz CT molecular complexity index is 1370. The number of nitrogens with zero attached hydrogens (tertiary/aromatic N) is 4. The summed E-state index contributed by atoms with van der Waals surface area (Å²) in [5.41, 5.74) is -0.299. The predicted octanol–water partition coefficient (Wildman–Crippen LogP) is 5.78. The molecule has 0 unspecified atom stereocenters. The minimum Gasteiger partial charge on any atom is -0.249 e. The van der Waals surface area contributed by atoms with Crippen LogP contribution in [0.15, 0.2) is 115 Å². The lowest BCUT2D eigenvalue weighted by atomic mass is 9.98. The highest BCUT2D eigenvalue weighted by atomic mass is 19.4. The number of halogens is 7. The molecule has 0 saturated carbocycles. The summed E-state index contributed by atoms with van der Waals surface area (Å²) in [6.45, 7) is 0. The van der Waals surface area contributed by atoms with Gasteiger partial charge in [-0.2, -0.15) is 30.7 Å². The fraction of sp³-hybridized carbons (Fsp3) is 0.130. The Balaban J connectivity index is 1.66. The maximum absolute atomic E-state index is 14.6. The maximum Gasteiger partial charge on any atom is 0.460 e. The Hall–Kier alpha value is -3.89. The number of alkyl halides is 7. The van der Waals surface area contributed by atoms with Crippen LogP contribution < -0.4 is 0 Å². The molecule has 0 aromatic heterocycles. The van der Waals surface area contributed by atoms with Crippen molar-refractivity contribution in [3.8, 4) is 0 Å². The average molecular weight is 476 g/mol. The van der Waals surface area contributed by atoms with Crippen LogP contribution in [-0.2, 0) is 0 Å². The third-order valence-electron chi connectivity index (χ3n) is 5.13. The summed E-state index contributed by atoms with van der Waals surface area (Å²) in [6.07, 6.45) is 8.93. The first-order valence-corrected chi connectivity index (χ1v) is 9.73. The summed E-state index contributed by atoms with van der Waals surface area (Å²) in [7, 11) is 0. The minimum absolute atomic E-state index is 0.0439. The van der Waals surface area contributed by atoms with Crippen molar-refractivity contribution < 1.29 is 30.7 Å². The van der Waals surface area contributed by atoms with E-state index in [-0.39, 0.29) is 17.1 Å². The van der Waals surface area contributed by atoms with Crippen LogP contribution in [0, 0.1) is 0 Å². The van der Waals surface area contributed by atoms with Gasteiger partial charge in [-0.3, -0.25) is 0 Å². The highest BCUT2D eigenvalue weighted by molar-refractivity contribution is 6.15. The molecule has 5 aliphatic rings. The molecule has 5 aliphatic heterocycles. The van der Waals surface area contributed by atoms with Gasteiger partial charge in [0.2, 0.25) is 0 Å². The Morgan fingerprint density at radius 1 is 0.471 bits per heavy atom. The minimum atomic E-state index is -6.48. The molecule has 8 bridgehead atoms. The van der Waals surface area contributed by atoms with Gasteiger partial charge >= 0.3 is 18.0 Å². The van der Waals surface area contributed by atoms with Crippen molar-refractivity contribution >= 4 is 22.8 Å². The van der Waals surface area contributed by atoms with Crippen molar-refractivity contribution in [2.24, 2.45) is 20.0 Å². The molecule has 34 heavy (non-hydrogen) atoms. The fourth-order valence-corrected chi connectivity index (χ4v) is 3.50. The topological polar surface area (TPSA) is 49.4 Å². The lowest BCUT2D eigenvalue weighted by Gasteiger charge is -2.29. The van der Waals surface area contributed by atoms with E-state index < -0.39 is 29.3 Å². The normalized spacial score (nSPS) is 21.4. The molecule has 0 atom stereocenters. The van der Waals surface area contributed by atoms with Crippen LogP contribution in [0.2, 0.25) is 0 Å². The fourth-order valence-electron chi connectivity index (χ4n) is 3.50. The average Bonchev–Trinajstić information content (AvgIpc) is 3.51. The summed E-state index contributed by atoms with van der Waals surface area (Å²) in [5, 5.41) is 0. The molecule has 172 valence electrons. The van der Waals surface area contributed by atoms with E-state index in [1.54, 1.807) is 30.4 Å². The summed E-state index contributed by atoms with van der Waals surface area (Å²) < 4.78 is 95.3. The van der Waals surface area contributed by atoms with E-state index in [0.717, 1.165) is 6.08 Å². The van der Waals surface area contributed by atoms with Gasteiger partial charge in [-0.25, -0.2) is 20.0 Å². The molecule has 0 aliphatic carbocycles. The smallest absolute Gasteiger partial charge is 0.249 e. The molecule has 5 rings (SSSR count). The van der Waals surface area contributed by atoms with E-state index in [1.807, 2.05) is 0 Å². The van der Waals surface area contributed by atoms with Gasteiger partial charge in [-0.15, -0.1) is 0 Å². The molecule has 0 radical (unpaired) electrons. The molecular weight excluding hydrogens is 465 g/mol. The van der Waals surface area contributed by atoms with E-state index in [0.29, 0.717) is 28.9 Å². The molecule has 0 amide bonds. The zero-order valence-corrected chi connectivity index (χ0v) is 16.8. The summed E-state index contributed by atoms with van der Waals surface area (Å²) in [6, 6.07) is 0. The van der Waals surface area contributed by atoms with Crippen molar-refractivity contribution in [3.63, 3.8) is 0 Å². The summed E-state index contributed by atoms with van der Waals surface area (Å²) in [4.78, 5) is 16.7. The molecule has 0 aromatic carbocycles. The number of hydrogen-bond acceptors (Lipinski definition) is 4. The Morgan fingerprint density at radius 3 is 1.38 bits per heavy atom. The highest BCUT2D eigenvalue weighted by Crippen LogP contribution is 2.52. The molecule has 11 heteroatoms. The first-order chi connectivity index (χ1) is 15.9. The SMILES string of the molecule is FC(F)(F)C(F)(F)C(F)(F)C1=CC2=NC1=CC1=NC(=CC3=NC(=CC4=NC(=C2)C=C4)C=C3)C=C1. The van der Waals surface area contributed by atoms with Gasteiger partial charge in [0.05, 0.1) is 51.2 Å². The molecule has 0 spiro atoms. The van der Waals surface area contributed by atoms with Crippen LogP contribution in [0.25, 0.3) is 0 Å². The third-order valence-corrected chi connectivity index (χ3v) is 5.13. The quantitative estimate of drug-likeness (QED) is 0.454. The molecule has 0 N–H and O–H groups in total. The van der Waals surface area contributed by atoms with Crippen LogP contribution in [0.3, 0.4) is 0 Å².